The fourth-order valence-corrected chi connectivity index (χ4v) is 3.99. The highest BCUT2D eigenvalue weighted by Gasteiger charge is 2.57. The molecule has 3 amide bonds. The Morgan fingerprint density at radius 3 is 2.62 bits per heavy atom. The predicted octanol–water partition coefficient (Wildman–Crippen LogP) is 3.22. The number of fused-ring (bicyclic) bond motifs is 1. The zero-order valence-corrected chi connectivity index (χ0v) is 14.5. The van der Waals surface area contributed by atoms with Crippen LogP contribution in [0.1, 0.15) is 45.2 Å². The number of carbonyl (C=O) groups excluding carboxylic acids is 2. The van der Waals surface area contributed by atoms with Gasteiger partial charge in [0.1, 0.15) is 5.54 Å². The van der Waals surface area contributed by atoms with Crippen molar-refractivity contribution in [2.45, 2.75) is 44.0 Å². The molecule has 0 aromatic heterocycles. The Bertz CT molecular complexity index is 891. The van der Waals surface area contributed by atoms with Crippen molar-refractivity contribution in [2.75, 3.05) is 6.54 Å². The normalized spacial score (nSPS) is 32.0. The molecular weight excluding hydrogens is 371 g/mol. The highest BCUT2D eigenvalue weighted by molar-refractivity contribution is 6.31. The average molecular weight is 390 g/mol. The lowest BCUT2D eigenvalue weighted by Crippen LogP contribution is -2.56. The number of hydrogen-bond donors (Lipinski definition) is 2. The first-order valence-corrected chi connectivity index (χ1v) is 8.57. The van der Waals surface area contributed by atoms with E-state index >= 15 is 0 Å². The summed E-state index contributed by atoms with van der Waals surface area (Å²) in [5.41, 5.74) is -2.12. The summed E-state index contributed by atoms with van der Waals surface area (Å²) in [6.45, 7) is -0.734. The van der Waals surface area contributed by atoms with Gasteiger partial charge in [-0.2, -0.15) is 13.2 Å². The highest BCUT2D eigenvalue weighted by Crippen LogP contribution is 2.46. The van der Waals surface area contributed by atoms with E-state index in [-0.39, 0.29) is 23.6 Å². The zero-order chi connectivity index (χ0) is 20.6. The number of hydrogen-bond acceptors (Lipinski definition) is 3. The summed E-state index contributed by atoms with van der Waals surface area (Å²) in [5.74, 6) is -0.673. The van der Waals surface area contributed by atoms with E-state index in [0.29, 0.717) is 12.8 Å². The molecule has 0 spiro atoms. The van der Waals surface area contributed by atoms with Crippen molar-refractivity contribution in [3.8, 4) is 0 Å². The van der Waals surface area contributed by atoms with Crippen LogP contribution in [0.4, 0.5) is 18.0 Å². The van der Waals surface area contributed by atoms with Gasteiger partial charge in [-0.25, -0.2) is 4.79 Å². The van der Waals surface area contributed by atoms with Gasteiger partial charge in [0.2, 0.25) is 0 Å². The minimum absolute atomic E-state index is 0.0358. The fourth-order valence-electron chi connectivity index (χ4n) is 3.72. The maximum Gasteiger partial charge on any atom is 0.417 e. The summed E-state index contributed by atoms with van der Waals surface area (Å²) in [4.78, 5) is 25.5. The fraction of sp³-hybridized carbons (Fsp3) is 0.529. The van der Waals surface area contributed by atoms with E-state index < -0.39 is 46.8 Å². The van der Waals surface area contributed by atoms with Crippen molar-refractivity contribution in [1.29, 1.82) is 0 Å². The van der Waals surface area contributed by atoms with E-state index in [1.165, 1.54) is 4.90 Å². The summed E-state index contributed by atoms with van der Waals surface area (Å²) >= 11 is 5.79. The SMILES string of the molecule is [2H]C1([2H])c2cc(Cl)c(C(F)(F)F)cc2C(C)N1C[C@@]1(C2CC2)NC(=O)NC1=O. The van der Waals surface area contributed by atoms with Crippen molar-refractivity contribution in [3.63, 3.8) is 0 Å². The van der Waals surface area contributed by atoms with Crippen LogP contribution in [0.25, 0.3) is 0 Å². The van der Waals surface area contributed by atoms with Crippen LogP contribution < -0.4 is 10.6 Å². The Morgan fingerprint density at radius 1 is 1.38 bits per heavy atom. The number of rotatable bonds is 3. The second-order valence-electron chi connectivity index (χ2n) is 6.99. The van der Waals surface area contributed by atoms with E-state index in [9.17, 15) is 22.8 Å². The molecule has 1 saturated heterocycles. The molecule has 0 radical (unpaired) electrons. The van der Waals surface area contributed by atoms with E-state index in [2.05, 4.69) is 10.6 Å². The molecular formula is C17H17ClF3N3O2. The van der Waals surface area contributed by atoms with E-state index in [1.807, 2.05) is 0 Å². The van der Waals surface area contributed by atoms with Crippen LogP contribution in [-0.2, 0) is 17.5 Å². The molecule has 2 aliphatic heterocycles. The van der Waals surface area contributed by atoms with Crippen LogP contribution in [0.2, 0.25) is 5.02 Å². The maximum atomic E-state index is 13.2. The zero-order valence-electron chi connectivity index (χ0n) is 15.7. The van der Waals surface area contributed by atoms with Crippen molar-refractivity contribution in [3.05, 3.63) is 33.8 Å². The molecule has 2 heterocycles. The second kappa shape index (κ2) is 5.60. The molecule has 9 heteroatoms. The first kappa shape index (κ1) is 15.3. The Morgan fingerprint density at radius 2 is 2.08 bits per heavy atom. The molecule has 140 valence electrons. The molecule has 1 aromatic rings. The Kier molecular flexibility index (Phi) is 3.29. The first-order chi connectivity index (χ1) is 12.9. The number of urea groups is 1. The number of alkyl halides is 3. The topological polar surface area (TPSA) is 61.4 Å². The average Bonchev–Trinajstić information content (AvgIpc) is 3.34. The number of benzene rings is 1. The number of carbonyl (C=O) groups is 2. The molecule has 1 aromatic carbocycles. The van der Waals surface area contributed by atoms with Crippen LogP contribution in [0.3, 0.4) is 0 Å². The Balaban J connectivity index is 1.75. The molecule has 3 aliphatic rings. The van der Waals surface area contributed by atoms with E-state index in [1.54, 1.807) is 6.92 Å². The van der Waals surface area contributed by atoms with Gasteiger partial charge in [0.15, 0.2) is 0 Å². The lowest BCUT2D eigenvalue weighted by Gasteiger charge is -2.33. The summed E-state index contributed by atoms with van der Waals surface area (Å²) < 4.78 is 56.7. The molecule has 2 fully saturated rings. The van der Waals surface area contributed by atoms with Gasteiger partial charge in [0.05, 0.1) is 10.6 Å². The lowest BCUT2D eigenvalue weighted by atomic mass is 9.92. The molecule has 26 heavy (non-hydrogen) atoms. The van der Waals surface area contributed by atoms with Crippen molar-refractivity contribution >= 4 is 23.5 Å². The van der Waals surface area contributed by atoms with Crippen molar-refractivity contribution < 1.29 is 25.5 Å². The third-order valence-electron chi connectivity index (χ3n) is 5.29. The van der Waals surface area contributed by atoms with Gasteiger partial charge in [-0.15, -0.1) is 0 Å². The molecule has 1 saturated carbocycles. The summed E-state index contributed by atoms with van der Waals surface area (Å²) in [6, 6.07) is 0.485. The minimum atomic E-state index is -4.67. The molecule has 4 rings (SSSR count). The predicted molar refractivity (Wildman–Crippen MR) is 87.4 cm³/mol. The Hall–Kier alpha value is -1.80. The van der Waals surface area contributed by atoms with Crippen molar-refractivity contribution in [1.82, 2.24) is 15.5 Å². The van der Waals surface area contributed by atoms with E-state index in [4.69, 9.17) is 14.3 Å². The van der Waals surface area contributed by atoms with Crippen LogP contribution >= 0.6 is 11.6 Å². The number of halogens is 4. The third-order valence-corrected chi connectivity index (χ3v) is 5.60. The highest BCUT2D eigenvalue weighted by atomic mass is 35.5. The number of nitrogens with zero attached hydrogens (tertiary/aromatic N) is 1. The van der Waals surface area contributed by atoms with Gasteiger partial charge in [-0.05, 0) is 48.9 Å². The Labute approximate surface area is 155 Å². The van der Waals surface area contributed by atoms with Crippen molar-refractivity contribution in [2.24, 2.45) is 5.92 Å². The standard InChI is InChI=1S/C17H17ClF3N3O2/c1-8-11-5-12(17(19,20)21)13(18)4-9(11)6-24(8)7-16(10-2-3-10)14(25)22-15(26)23-16/h4-5,8,10H,2-3,6-7H2,1H3,(H2,22,23,25,26)/t8?,16-/m0/s1/i6D2. The summed E-state index contributed by atoms with van der Waals surface area (Å²) in [6.07, 6.45) is -3.26. The van der Waals surface area contributed by atoms with Gasteiger partial charge in [-0.1, -0.05) is 11.6 Å². The van der Waals surface area contributed by atoms with Gasteiger partial charge < -0.3 is 5.32 Å². The molecule has 2 N–H and O–H groups in total. The molecule has 2 atom stereocenters. The largest absolute Gasteiger partial charge is 0.417 e. The lowest BCUT2D eigenvalue weighted by molar-refractivity contribution is -0.137. The quantitative estimate of drug-likeness (QED) is 0.780. The molecule has 1 unspecified atom stereocenters. The molecule has 0 bridgehead atoms. The third kappa shape index (κ3) is 2.66. The van der Waals surface area contributed by atoms with Crippen LogP contribution in [0.15, 0.2) is 12.1 Å². The van der Waals surface area contributed by atoms with E-state index in [0.717, 1.165) is 12.1 Å². The van der Waals surface area contributed by atoms with Crippen LogP contribution in [0, 0.1) is 5.92 Å². The maximum absolute atomic E-state index is 13.2. The first-order valence-electron chi connectivity index (χ1n) is 9.19. The summed E-state index contributed by atoms with van der Waals surface area (Å²) in [5, 5.41) is 4.24. The monoisotopic (exact) mass is 389 g/mol. The van der Waals surface area contributed by atoms with Gasteiger partial charge in [0.25, 0.3) is 5.91 Å². The van der Waals surface area contributed by atoms with Gasteiger partial charge >= 0.3 is 12.2 Å². The smallest absolute Gasteiger partial charge is 0.322 e. The number of amides is 3. The van der Waals surface area contributed by atoms with Crippen LogP contribution in [-0.4, -0.2) is 28.9 Å². The van der Waals surface area contributed by atoms with Gasteiger partial charge in [0, 0.05) is 21.8 Å². The molecule has 5 nitrogen and oxygen atoms in total. The number of imide groups is 1. The van der Waals surface area contributed by atoms with Crippen LogP contribution in [0.5, 0.6) is 0 Å². The second-order valence-corrected chi connectivity index (χ2v) is 7.39. The number of nitrogens with one attached hydrogen (secondary N) is 2. The minimum Gasteiger partial charge on any atom is -0.322 e. The van der Waals surface area contributed by atoms with Gasteiger partial charge in [-0.3, -0.25) is 15.0 Å². The summed E-state index contributed by atoms with van der Waals surface area (Å²) in [7, 11) is 0. The molecule has 1 aliphatic carbocycles.